The number of nitrogens with one attached hydrogen (secondary N) is 2. The summed E-state index contributed by atoms with van der Waals surface area (Å²) in [5.41, 5.74) is 0. The molecule has 1 heterocycles. The van der Waals surface area contributed by atoms with E-state index < -0.39 is 0 Å². The van der Waals surface area contributed by atoms with Gasteiger partial charge in [-0.3, -0.25) is 0 Å². The van der Waals surface area contributed by atoms with Gasteiger partial charge in [0.05, 0.1) is 0 Å². The normalized spacial score (nSPS) is 12.6. The molecule has 0 fully saturated rings. The Kier molecular flexibility index (Phi) is 15.5. The van der Waals surface area contributed by atoms with Crippen LogP contribution in [0.2, 0.25) is 0 Å². The van der Waals surface area contributed by atoms with E-state index in [1.807, 2.05) is 25.5 Å². The van der Waals surface area contributed by atoms with E-state index in [9.17, 15) is 5.11 Å². The number of aryl methyl sites for hydroxylation is 1. The van der Waals surface area contributed by atoms with Crippen molar-refractivity contribution in [2.45, 2.75) is 53.0 Å². The predicted octanol–water partition coefficient (Wildman–Crippen LogP) is 2.00. The molecule has 27 heavy (non-hydrogen) atoms. The number of rotatable bonds is 13. The minimum absolute atomic E-state index is 0. The van der Waals surface area contributed by atoms with Gasteiger partial charge in [-0.25, -0.2) is 4.99 Å². The van der Waals surface area contributed by atoms with Gasteiger partial charge in [-0.2, -0.15) is 0 Å². The molecule has 0 bridgehead atoms. The molecular weight excluding hydrogens is 459 g/mol. The standard InChI is InChI=1S/C18H36N6O2.HI/c1-5-8-16(9-11-25)13-20-18(19-10-7-12-26-6-2)21-14-17-23-22-15(3)24(17)4;/h16,25H,5-14H2,1-4H3,(H2,19,20,21);1H. The lowest BCUT2D eigenvalue weighted by Gasteiger charge is -2.18. The summed E-state index contributed by atoms with van der Waals surface area (Å²) < 4.78 is 7.32. The molecule has 0 spiro atoms. The molecule has 1 aromatic rings. The second-order valence-electron chi connectivity index (χ2n) is 6.41. The van der Waals surface area contributed by atoms with Crippen molar-refractivity contribution in [1.29, 1.82) is 0 Å². The highest BCUT2D eigenvalue weighted by Gasteiger charge is 2.09. The third-order valence-electron chi connectivity index (χ3n) is 4.32. The highest BCUT2D eigenvalue weighted by atomic mass is 127. The summed E-state index contributed by atoms with van der Waals surface area (Å²) in [5.74, 6) is 2.91. The number of nitrogens with zero attached hydrogens (tertiary/aromatic N) is 4. The van der Waals surface area contributed by atoms with Crippen LogP contribution >= 0.6 is 24.0 Å². The number of hydrogen-bond acceptors (Lipinski definition) is 5. The van der Waals surface area contributed by atoms with E-state index in [1.165, 1.54) is 0 Å². The lowest BCUT2D eigenvalue weighted by molar-refractivity contribution is 0.145. The fourth-order valence-electron chi connectivity index (χ4n) is 2.62. The lowest BCUT2D eigenvalue weighted by atomic mass is 10.0. The summed E-state index contributed by atoms with van der Waals surface area (Å²) in [7, 11) is 1.95. The minimum Gasteiger partial charge on any atom is -0.396 e. The molecule has 1 aromatic heterocycles. The number of aliphatic hydroxyl groups excluding tert-OH is 1. The van der Waals surface area contributed by atoms with Crippen LogP contribution < -0.4 is 10.6 Å². The summed E-state index contributed by atoms with van der Waals surface area (Å²) in [6, 6.07) is 0. The van der Waals surface area contributed by atoms with E-state index in [4.69, 9.17) is 4.74 Å². The molecule has 0 radical (unpaired) electrons. The van der Waals surface area contributed by atoms with Crippen LogP contribution in [0.1, 0.15) is 51.2 Å². The molecular formula is C18H37IN6O2. The third kappa shape index (κ3) is 10.8. The van der Waals surface area contributed by atoms with Crippen LogP contribution in [0.3, 0.4) is 0 Å². The molecule has 0 saturated heterocycles. The van der Waals surface area contributed by atoms with Gasteiger partial charge in [0.25, 0.3) is 0 Å². The monoisotopic (exact) mass is 496 g/mol. The first kappa shape index (κ1) is 26.1. The summed E-state index contributed by atoms with van der Waals surface area (Å²) in [5, 5.41) is 24.2. The number of hydrogen-bond donors (Lipinski definition) is 3. The zero-order valence-corrected chi connectivity index (χ0v) is 19.5. The van der Waals surface area contributed by atoms with Crippen molar-refractivity contribution in [2.24, 2.45) is 18.0 Å². The fourth-order valence-corrected chi connectivity index (χ4v) is 2.62. The highest BCUT2D eigenvalue weighted by molar-refractivity contribution is 14.0. The Morgan fingerprint density at radius 2 is 2.04 bits per heavy atom. The first-order chi connectivity index (χ1) is 12.6. The molecule has 1 unspecified atom stereocenters. The molecule has 9 heteroatoms. The van der Waals surface area contributed by atoms with Crippen molar-refractivity contribution in [2.75, 3.05) is 32.9 Å². The van der Waals surface area contributed by atoms with Crippen LogP contribution in [0.15, 0.2) is 4.99 Å². The Morgan fingerprint density at radius 1 is 1.26 bits per heavy atom. The topological polar surface area (TPSA) is 96.6 Å². The van der Waals surface area contributed by atoms with E-state index >= 15 is 0 Å². The lowest BCUT2D eigenvalue weighted by Crippen LogP contribution is -2.40. The zero-order chi connectivity index (χ0) is 19.2. The van der Waals surface area contributed by atoms with Gasteiger partial charge in [-0.1, -0.05) is 13.3 Å². The Labute approximate surface area is 180 Å². The summed E-state index contributed by atoms with van der Waals surface area (Å²) >= 11 is 0. The van der Waals surface area contributed by atoms with Gasteiger partial charge in [0, 0.05) is 40.0 Å². The van der Waals surface area contributed by atoms with Crippen LogP contribution in [0, 0.1) is 12.8 Å². The van der Waals surface area contributed by atoms with Gasteiger partial charge >= 0.3 is 0 Å². The number of guanidine groups is 1. The van der Waals surface area contributed by atoms with Gasteiger partial charge < -0.3 is 25.0 Å². The van der Waals surface area contributed by atoms with Crippen LogP contribution in [0.4, 0.5) is 0 Å². The number of ether oxygens (including phenoxy) is 1. The molecule has 1 rings (SSSR count). The molecule has 1 atom stereocenters. The summed E-state index contributed by atoms with van der Waals surface area (Å²) in [4.78, 5) is 4.65. The van der Waals surface area contributed by atoms with E-state index in [0.717, 1.165) is 69.6 Å². The molecule has 0 saturated carbocycles. The third-order valence-corrected chi connectivity index (χ3v) is 4.32. The maximum Gasteiger partial charge on any atom is 0.191 e. The van der Waals surface area contributed by atoms with Crippen molar-refractivity contribution >= 4 is 29.9 Å². The summed E-state index contributed by atoms with van der Waals surface area (Å²) in [6.07, 6.45) is 3.93. The zero-order valence-electron chi connectivity index (χ0n) is 17.2. The molecule has 8 nitrogen and oxygen atoms in total. The van der Waals surface area contributed by atoms with Gasteiger partial charge in [0.1, 0.15) is 12.4 Å². The van der Waals surface area contributed by atoms with Crippen LogP contribution in [-0.4, -0.2) is 58.7 Å². The first-order valence-corrected chi connectivity index (χ1v) is 9.67. The highest BCUT2D eigenvalue weighted by Crippen LogP contribution is 2.09. The van der Waals surface area contributed by atoms with Crippen molar-refractivity contribution in [3.63, 3.8) is 0 Å². The largest absolute Gasteiger partial charge is 0.396 e. The maximum atomic E-state index is 9.23. The molecule has 0 aliphatic carbocycles. The van der Waals surface area contributed by atoms with Crippen LogP contribution in [0.5, 0.6) is 0 Å². The van der Waals surface area contributed by atoms with Crippen molar-refractivity contribution < 1.29 is 9.84 Å². The second-order valence-corrected chi connectivity index (χ2v) is 6.41. The Balaban J connectivity index is 0.00000676. The minimum atomic E-state index is 0. The number of aliphatic hydroxyl groups is 1. The Hall–Kier alpha value is -0.940. The summed E-state index contributed by atoms with van der Waals surface area (Å²) in [6.45, 7) is 9.85. The second kappa shape index (κ2) is 16.1. The molecule has 3 N–H and O–H groups in total. The fraction of sp³-hybridized carbons (Fsp3) is 0.833. The molecule has 0 aliphatic rings. The number of halogens is 1. The van der Waals surface area contributed by atoms with E-state index in [-0.39, 0.29) is 30.6 Å². The maximum absolute atomic E-state index is 9.23. The predicted molar refractivity (Wildman–Crippen MR) is 120 cm³/mol. The van der Waals surface area contributed by atoms with Crippen molar-refractivity contribution in [3.8, 4) is 0 Å². The van der Waals surface area contributed by atoms with Gasteiger partial charge in [-0.15, -0.1) is 34.2 Å². The average molecular weight is 496 g/mol. The van der Waals surface area contributed by atoms with Crippen LogP contribution in [-0.2, 0) is 18.3 Å². The smallest absolute Gasteiger partial charge is 0.191 e. The Morgan fingerprint density at radius 3 is 2.63 bits per heavy atom. The SMILES string of the molecule is CCCC(CCO)CNC(=NCc1nnc(C)n1C)NCCCOCC.I. The molecule has 158 valence electrons. The van der Waals surface area contributed by atoms with Gasteiger partial charge in [-0.05, 0) is 39.0 Å². The van der Waals surface area contributed by atoms with Crippen molar-refractivity contribution in [1.82, 2.24) is 25.4 Å². The quantitative estimate of drug-likeness (QED) is 0.167. The van der Waals surface area contributed by atoms with E-state index in [2.05, 4.69) is 32.7 Å². The number of aromatic nitrogens is 3. The molecule has 0 aliphatic heterocycles. The van der Waals surface area contributed by atoms with E-state index in [0.29, 0.717) is 12.5 Å². The Bertz CT molecular complexity index is 518. The number of aliphatic imine (C=N–C) groups is 1. The van der Waals surface area contributed by atoms with Crippen LogP contribution in [0.25, 0.3) is 0 Å². The average Bonchev–Trinajstić information content (AvgIpc) is 2.95. The molecule has 0 aromatic carbocycles. The van der Waals surface area contributed by atoms with Gasteiger partial charge in [0.15, 0.2) is 11.8 Å². The van der Waals surface area contributed by atoms with Crippen molar-refractivity contribution in [3.05, 3.63) is 11.6 Å². The van der Waals surface area contributed by atoms with E-state index in [1.54, 1.807) is 0 Å². The van der Waals surface area contributed by atoms with Gasteiger partial charge in [0.2, 0.25) is 0 Å². The molecule has 0 amide bonds. The first-order valence-electron chi connectivity index (χ1n) is 9.67.